The maximum Gasteiger partial charge on any atom is 0.186 e. The zero-order chi connectivity index (χ0) is 14.2. The highest BCUT2D eigenvalue weighted by Gasteiger charge is 2.49. The average Bonchev–Trinajstić information content (AvgIpc) is 3.20. The van der Waals surface area contributed by atoms with Crippen molar-refractivity contribution in [2.45, 2.75) is 35.0 Å². The molecule has 1 heterocycles. The molecule has 1 saturated heterocycles. The third kappa shape index (κ3) is 2.32. The predicted molar refractivity (Wildman–Crippen MR) is 72.5 cm³/mol. The molecular formula is C14H18O5S. The van der Waals surface area contributed by atoms with Gasteiger partial charge in [-0.3, -0.25) is 0 Å². The average molecular weight is 298 g/mol. The van der Waals surface area contributed by atoms with Crippen molar-refractivity contribution in [1.29, 1.82) is 0 Å². The molecule has 3 rings (SSSR count). The number of benzene rings is 1. The standard InChI is InChI=1S/C14H18O5S/c15-10-14(5-2-6-14)20(16,17)13-4-1-3-11(7-13)18-8-12-9-19-12/h1,3-4,7,12,15H,2,5-6,8-10H2. The van der Waals surface area contributed by atoms with Crippen LogP contribution in [0.5, 0.6) is 5.75 Å². The van der Waals surface area contributed by atoms with Gasteiger partial charge in [-0.1, -0.05) is 12.5 Å². The molecule has 0 radical (unpaired) electrons. The van der Waals surface area contributed by atoms with Crippen LogP contribution < -0.4 is 4.74 Å². The molecule has 1 unspecified atom stereocenters. The molecule has 1 N–H and O–H groups in total. The third-order valence-corrected chi connectivity index (χ3v) is 6.63. The first kappa shape index (κ1) is 13.9. The monoisotopic (exact) mass is 298 g/mol. The second kappa shape index (κ2) is 5.02. The lowest BCUT2D eigenvalue weighted by atomic mass is 9.85. The molecule has 20 heavy (non-hydrogen) atoms. The number of epoxide rings is 1. The molecule has 5 nitrogen and oxygen atoms in total. The van der Waals surface area contributed by atoms with E-state index in [4.69, 9.17) is 9.47 Å². The Hall–Kier alpha value is -1.11. The van der Waals surface area contributed by atoms with Gasteiger partial charge in [0.15, 0.2) is 9.84 Å². The van der Waals surface area contributed by atoms with Crippen LogP contribution in [0.2, 0.25) is 0 Å². The third-order valence-electron chi connectivity index (χ3n) is 4.08. The van der Waals surface area contributed by atoms with Crippen molar-refractivity contribution >= 4 is 9.84 Å². The van der Waals surface area contributed by atoms with E-state index in [2.05, 4.69) is 0 Å². The van der Waals surface area contributed by atoms with Crippen LogP contribution in [0.1, 0.15) is 19.3 Å². The minimum Gasteiger partial charge on any atom is -0.491 e. The van der Waals surface area contributed by atoms with E-state index in [0.29, 0.717) is 31.8 Å². The summed E-state index contributed by atoms with van der Waals surface area (Å²) in [5, 5.41) is 9.46. The Balaban J connectivity index is 1.83. The minimum atomic E-state index is -3.52. The summed E-state index contributed by atoms with van der Waals surface area (Å²) in [6.07, 6.45) is 2.01. The predicted octanol–water partition coefficient (Wildman–Crippen LogP) is 1.15. The number of sulfone groups is 1. The van der Waals surface area contributed by atoms with E-state index in [1.807, 2.05) is 0 Å². The van der Waals surface area contributed by atoms with Gasteiger partial charge in [-0.05, 0) is 31.0 Å². The van der Waals surface area contributed by atoms with Crippen LogP contribution in [0.25, 0.3) is 0 Å². The molecule has 1 aliphatic carbocycles. The first-order chi connectivity index (χ1) is 9.57. The lowest BCUT2D eigenvalue weighted by molar-refractivity contribution is 0.181. The molecule has 1 saturated carbocycles. The smallest absolute Gasteiger partial charge is 0.186 e. The van der Waals surface area contributed by atoms with Gasteiger partial charge in [-0.2, -0.15) is 0 Å². The number of ether oxygens (including phenoxy) is 2. The summed E-state index contributed by atoms with van der Waals surface area (Å²) in [5.41, 5.74) is 0. The molecule has 0 spiro atoms. The van der Waals surface area contributed by atoms with Crippen molar-refractivity contribution in [2.75, 3.05) is 19.8 Å². The van der Waals surface area contributed by atoms with Crippen LogP contribution >= 0.6 is 0 Å². The minimum absolute atomic E-state index is 0.130. The van der Waals surface area contributed by atoms with Crippen molar-refractivity contribution in [3.63, 3.8) is 0 Å². The van der Waals surface area contributed by atoms with Crippen LogP contribution in [0, 0.1) is 0 Å². The molecule has 1 aromatic rings. The van der Waals surface area contributed by atoms with Crippen LogP contribution in [0.15, 0.2) is 29.2 Å². The number of aliphatic hydroxyl groups excluding tert-OH is 1. The van der Waals surface area contributed by atoms with Gasteiger partial charge < -0.3 is 14.6 Å². The van der Waals surface area contributed by atoms with Gasteiger partial charge in [-0.15, -0.1) is 0 Å². The largest absolute Gasteiger partial charge is 0.491 e. The summed E-state index contributed by atoms with van der Waals surface area (Å²) >= 11 is 0. The Morgan fingerprint density at radius 1 is 1.40 bits per heavy atom. The zero-order valence-electron chi connectivity index (χ0n) is 11.1. The van der Waals surface area contributed by atoms with Crippen LogP contribution in [0.3, 0.4) is 0 Å². The Labute approximate surface area is 118 Å². The van der Waals surface area contributed by atoms with Gasteiger partial charge in [0.05, 0.1) is 22.9 Å². The summed E-state index contributed by atoms with van der Waals surface area (Å²) in [5.74, 6) is 0.522. The highest BCUT2D eigenvalue weighted by Crippen LogP contribution is 2.42. The normalized spacial score (nSPS) is 23.9. The van der Waals surface area contributed by atoms with Crippen LogP contribution in [-0.2, 0) is 14.6 Å². The fraction of sp³-hybridized carbons (Fsp3) is 0.571. The van der Waals surface area contributed by atoms with Crippen molar-refractivity contribution in [3.05, 3.63) is 24.3 Å². The molecule has 0 aromatic heterocycles. The van der Waals surface area contributed by atoms with Crippen LogP contribution in [-0.4, -0.2) is 44.2 Å². The number of hydrogen-bond acceptors (Lipinski definition) is 5. The fourth-order valence-electron chi connectivity index (χ4n) is 2.42. The fourth-order valence-corrected chi connectivity index (χ4v) is 4.44. The van der Waals surface area contributed by atoms with Gasteiger partial charge in [0.1, 0.15) is 18.5 Å². The van der Waals surface area contributed by atoms with Gasteiger partial charge in [-0.25, -0.2) is 8.42 Å². The summed E-state index contributed by atoms with van der Waals surface area (Å²) in [4.78, 5) is 0.223. The van der Waals surface area contributed by atoms with E-state index in [0.717, 1.165) is 6.42 Å². The molecule has 0 bridgehead atoms. The molecular weight excluding hydrogens is 280 g/mol. The topological polar surface area (TPSA) is 76.1 Å². The molecule has 1 aliphatic heterocycles. The Morgan fingerprint density at radius 3 is 2.70 bits per heavy atom. The lowest BCUT2D eigenvalue weighted by Gasteiger charge is -2.39. The Bertz CT molecular complexity index is 582. The van der Waals surface area contributed by atoms with Gasteiger partial charge >= 0.3 is 0 Å². The summed E-state index contributed by atoms with van der Waals surface area (Å²) in [6, 6.07) is 6.49. The lowest BCUT2D eigenvalue weighted by Crippen LogP contribution is -2.48. The Kier molecular flexibility index (Phi) is 3.48. The SMILES string of the molecule is O=S(=O)(c1cccc(OCC2CO2)c1)C1(CO)CCC1. The summed E-state index contributed by atoms with van der Waals surface area (Å²) < 4.78 is 34.8. The summed E-state index contributed by atoms with van der Waals surface area (Å²) in [7, 11) is -3.52. The zero-order valence-corrected chi connectivity index (χ0v) is 11.9. The maximum atomic E-state index is 12.6. The number of rotatable bonds is 6. The molecule has 2 aliphatic rings. The van der Waals surface area contributed by atoms with Gasteiger partial charge in [0.2, 0.25) is 0 Å². The molecule has 1 atom stereocenters. The maximum absolute atomic E-state index is 12.6. The molecule has 6 heteroatoms. The van der Waals surface area contributed by atoms with E-state index < -0.39 is 14.6 Å². The second-order valence-corrected chi connectivity index (χ2v) is 7.78. The van der Waals surface area contributed by atoms with Gasteiger partial charge in [0, 0.05) is 0 Å². The van der Waals surface area contributed by atoms with Crippen molar-refractivity contribution in [1.82, 2.24) is 0 Å². The quantitative estimate of drug-likeness (QED) is 0.797. The number of hydrogen-bond donors (Lipinski definition) is 1. The van der Waals surface area contributed by atoms with Crippen molar-refractivity contribution in [2.24, 2.45) is 0 Å². The summed E-state index contributed by atoms with van der Waals surface area (Å²) in [6.45, 7) is 0.816. The number of aliphatic hydroxyl groups is 1. The molecule has 1 aromatic carbocycles. The van der Waals surface area contributed by atoms with E-state index >= 15 is 0 Å². The second-order valence-electron chi connectivity index (χ2n) is 5.44. The van der Waals surface area contributed by atoms with Crippen LogP contribution in [0.4, 0.5) is 0 Å². The highest BCUT2D eigenvalue weighted by atomic mass is 32.2. The molecule has 110 valence electrons. The Morgan fingerprint density at radius 2 is 2.15 bits per heavy atom. The van der Waals surface area contributed by atoms with Crippen molar-refractivity contribution in [3.8, 4) is 5.75 Å². The van der Waals surface area contributed by atoms with E-state index in [1.165, 1.54) is 6.07 Å². The van der Waals surface area contributed by atoms with Crippen molar-refractivity contribution < 1.29 is 23.0 Å². The van der Waals surface area contributed by atoms with E-state index in [1.54, 1.807) is 18.2 Å². The van der Waals surface area contributed by atoms with E-state index in [-0.39, 0.29) is 17.6 Å². The highest BCUT2D eigenvalue weighted by molar-refractivity contribution is 7.93. The molecule has 2 fully saturated rings. The molecule has 0 amide bonds. The first-order valence-corrected chi connectivity index (χ1v) is 8.26. The first-order valence-electron chi connectivity index (χ1n) is 6.77. The van der Waals surface area contributed by atoms with E-state index in [9.17, 15) is 13.5 Å². The van der Waals surface area contributed by atoms with Gasteiger partial charge in [0.25, 0.3) is 0 Å².